The lowest BCUT2D eigenvalue weighted by Crippen LogP contribution is -2.36. The minimum absolute atomic E-state index is 0. The highest BCUT2D eigenvalue weighted by Gasteiger charge is 2.05. The maximum absolute atomic E-state index is 4.32. The molecule has 0 fully saturated rings. The van der Waals surface area contributed by atoms with Crippen molar-refractivity contribution >= 4 is 29.9 Å². The van der Waals surface area contributed by atoms with Gasteiger partial charge in [-0.3, -0.25) is 4.99 Å². The van der Waals surface area contributed by atoms with Crippen LogP contribution >= 0.6 is 24.0 Å². The van der Waals surface area contributed by atoms with Crippen molar-refractivity contribution in [3.63, 3.8) is 0 Å². The van der Waals surface area contributed by atoms with Gasteiger partial charge in [0.25, 0.3) is 0 Å². The Hall–Kier alpha value is -1.60. The minimum Gasteiger partial charge on any atom is -0.352 e. The molecule has 2 aromatic rings. The van der Waals surface area contributed by atoms with E-state index in [1.54, 1.807) is 7.05 Å². The fourth-order valence-corrected chi connectivity index (χ4v) is 2.61. The van der Waals surface area contributed by atoms with Crippen LogP contribution in [0.1, 0.15) is 22.3 Å². The van der Waals surface area contributed by atoms with Crippen LogP contribution in [0, 0.1) is 6.92 Å². The fourth-order valence-electron chi connectivity index (χ4n) is 2.61. The first-order valence-corrected chi connectivity index (χ1v) is 8.30. The van der Waals surface area contributed by atoms with Crippen LogP contribution < -0.4 is 10.6 Å². The monoisotopic (exact) mass is 452 g/mol. The molecule has 2 N–H and O–H groups in total. The molecule has 0 spiro atoms. The topological polar surface area (TPSA) is 39.7 Å². The largest absolute Gasteiger partial charge is 0.352 e. The summed E-state index contributed by atoms with van der Waals surface area (Å²) in [4.78, 5) is 6.51. The summed E-state index contributed by atoms with van der Waals surface area (Å²) in [6, 6.07) is 16.9. The third kappa shape index (κ3) is 7.04. The number of hydrogen-bond donors (Lipinski definition) is 2. The second-order valence-corrected chi connectivity index (χ2v) is 6.21. The summed E-state index contributed by atoms with van der Waals surface area (Å²) in [5, 5.41) is 6.79. The Balaban J connectivity index is 0.00000312. The van der Waals surface area contributed by atoms with Crippen molar-refractivity contribution in [1.29, 1.82) is 0 Å². The highest BCUT2D eigenvalue weighted by molar-refractivity contribution is 14.0. The van der Waals surface area contributed by atoms with Crippen LogP contribution in [0.4, 0.5) is 0 Å². The van der Waals surface area contributed by atoms with E-state index in [0.29, 0.717) is 0 Å². The number of guanidine groups is 1. The van der Waals surface area contributed by atoms with Gasteiger partial charge in [0.15, 0.2) is 5.96 Å². The summed E-state index contributed by atoms with van der Waals surface area (Å²) >= 11 is 0. The molecule has 2 aromatic carbocycles. The van der Waals surface area contributed by atoms with Gasteiger partial charge in [-0.15, -0.1) is 24.0 Å². The molecule has 0 aliphatic heterocycles. The molecule has 5 heteroatoms. The number of benzene rings is 2. The Morgan fingerprint density at radius 1 is 0.880 bits per heavy atom. The predicted octanol–water partition coefficient (Wildman–Crippen LogP) is 3.54. The first kappa shape index (κ1) is 21.4. The molecule has 0 atom stereocenters. The highest BCUT2D eigenvalue weighted by Crippen LogP contribution is 2.10. The van der Waals surface area contributed by atoms with Crippen molar-refractivity contribution in [3.05, 3.63) is 70.8 Å². The van der Waals surface area contributed by atoms with Crippen LogP contribution in [0.25, 0.3) is 0 Å². The molecule has 0 heterocycles. The average molecular weight is 452 g/mol. The van der Waals surface area contributed by atoms with Gasteiger partial charge in [-0.05, 0) is 43.3 Å². The Morgan fingerprint density at radius 2 is 1.40 bits per heavy atom. The number of nitrogens with one attached hydrogen (secondary N) is 2. The number of rotatable bonds is 6. The second kappa shape index (κ2) is 11.1. The Bertz CT molecular complexity index is 683. The Kier molecular flexibility index (Phi) is 9.52. The molecule has 0 bridgehead atoms. The van der Waals surface area contributed by atoms with Gasteiger partial charge in [0.1, 0.15) is 0 Å². The Labute approximate surface area is 168 Å². The molecular formula is C20H29IN4. The van der Waals surface area contributed by atoms with Crippen molar-refractivity contribution in [1.82, 2.24) is 15.5 Å². The first-order valence-electron chi connectivity index (χ1n) is 8.30. The van der Waals surface area contributed by atoms with E-state index in [-0.39, 0.29) is 24.0 Å². The molecule has 0 radical (unpaired) electrons. The lowest BCUT2D eigenvalue weighted by molar-refractivity contribution is 0.400. The molecule has 0 saturated heterocycles. The zero-order chi connectivity index (χ0) is 17.4. The van der Waals surface area contributed by atoms with Crippen LogP contribution in [0.2, 0.25) is 0 Å². The fraction of sp³-hybridized carbons (Fsp3) is 0.350. The molecule has 4 nitrogen and oxygen atoms in total. The van der Waals surface area contributed by atoms with Gasteiger partial charge in [-0.1, -0.05) is 48.5 Å². The SMILES string of the molecule is CN=C(NCc1ccccc1C)NCc1ccccc1CN(C)C.I. The van der Waals surface area contributed by atoms with Crippen LogP contribution in [-0.2, 0) is 19.6 Å². The van der Waals surface area contributed by atoms with E-state index in [1.807, 2.05) is 0 Å². The van der Waals surface area contributed by atoms with Crippen molar-refractivity contribution in [2.45, 2.75) is 26.6 Å². The third-order valence-electron chi connectivity index (χ3n) is 3.98. The number of aliphatic imine (C=N–C) groups is 1. The van der Waals surface area contributed by atoms with E-state index < -0.39 is 0 Å². The van der Waals surface area contributed by atoms with Crippen molar-refractivity contribution in [3.8, 4) is 0 Å². The maximum Gasteiger partial charge on any atom is 0.191 e. The first-order chi connectivity index (χ1) is 11.6. The minimum atomic E-state index is 0. The van der Waals surface area contributed by atoms with Crippen molar-refractivity contribution < 1.29 is 0 Å². The normalized spacial score (nSPS) is 11.2. The van der Waals surface area contributed by atoms with E-state index in [0.717, 1.165) is 25.6 Å². The molecule has 0 aromatic heterocycles. The van der Waals surface area contributed by atoms with E-state index in [4.69, 9.17) is 0 Å². The molecule has 0 aliphatic carbocycles. The molecule has 0 aliphatic rings. The molecular weight excluding hydrogens is 423 g/mol. The van der Waals surface area contributed by atoms with Gasteiger partial charge >= 0.3 is 0 Å². The van der Waals surface area contributed by atoms with E-state index in [9.17, 15) is 0 Å². The van der Waals surface area contributed by atoms with Crippen LogP contribution in [0.3, 0.4) is 0 Å². The number of halogens is 1. The zero-order valence-corrected chi connectivity index (χ0v) is 17.9. The summed E-state index contributed by atoms with van der Waals surface area (Å²) in [5.74, 6) is 0.818. The molecule has 0 unspecified atom stereocenters. The zero-order valence-electron chi connectivity index (χ0n) is 15.5. The maximum atomic E-state index is 4.32. The molecule has 0 saturated carbocycles. The summed E-state index contributed by atoms with van der Waals surface area (Å²) in [7, 11) is 5.98. The average Bonchev–Trinajstić information content (AvgIpc) is 2.57. The highest BCUT2D eigenvalue weighted by atomic mass is 127. The summed E-state index contributed by atoms with van der Waals surface area (Å²) in [6.07, 6.45) is 0. The smallest absolute Gasteiger partial charge is 0.191 e. The lowest BCUT2D eigenvalue weighted by atomic mass is 10.1. The number of aryl methyl sites for hydroxylation is 1. The van der Waals surface area contributed by atoms with Gasteiger partial charge in [0, 0.05) is 26.7 Å². The van der Waals surface area contributed by atoms with Crippen LogP contribution in [0.15, 0.2) is 53.5 Å². The standard InChI is InChI=1S/C20H28N4.HI/c1-16-9-5-6-10-17(16)13-22-20(21-2)23-14-18-11-7-8-12-19(18)15-24(3)4;/h5-12H,13-15H2,1-4H3,(H2,21,22,23);1H. The van der Waals surface area contributed by atoms with Gasteiger partial charge in [-0.2, -0.15) is 0 Å². The van der Waals surface area contributed by atoms with E-state index in [1.165, 1.54) is 22.3 Å². The summed E-state index contributed by atoms with van der Waals surface area (Å²) in [5.41, 5.74) is 5.21. The van der Waals surface area contributed by atoms with E-state index in [2.05, 4.69) is 90.1 Å². The van der Waals surface area contributed by atoms with Gasteiger partial charge in [0.2, 0.25) is 0 Å². The van der Waals surface area contributed by atoms with Gasteiger partial charge in [-0.25, -0.2) is 0 Å². The number of nitrogens with zero attached hydrogens (tertiary/aromatic N) is 2. The summed E-state index contributed by atoms with van der Waals surface area (Å²) in [6.45, 7) is 4.60. The molecule has 25 heavy (non-hydrogen) atoms. The van der Waals surface area contributed by atoms with Gasteiger partial charge < -0.3 is 15.5 Å². The van der Waals surface area contributed by atoms with Crippen molar-refractivity contribution in [2.75, 3.05) is 21.1 Å². The Morgan fingerprint density at radius 3 is 1.96 bits per heavy atom. The third-order valence-corrected chi connectivity index (χ3v) is 3.98. The van der Waals surface area contributed by atoms with Crippen molar-refractivity contribution in [2.24, 2.45) is 4.99 Å². The second-order valence-electron chi connectivity index (χ2n) is 6.21. The van der Waals surface area contributed by atoms with E-state index >= 15 is 0 Å². The number of hydrogen-bond acceptors (Lipinski definition) is 2. The van der Waals surface area contributed by atoms with Gasteiger partial charge in [0.05, 0.1) is 0 Å². The molecule has 2 rings (SSSR count). The summed E-state index contributed by atoms with van der Waals surface area (Å²) < 4.78 is 0. The van der Waals surface area contributed by atoms with Crippen LogP contribution in [-0.4, -0.2) is 32.0 Å². The predicted molar refractivity (Wildman–Crippen MR) is 117 cm³/mol. The van der Waals surface area contributed by atoms with Crippen LogP contribution in [0.5, 0.6) is 0 Å². The quantitative estimate of drug-likeness (QED) is 0.400. The molecule has 0 amide bonds. The molecule has 136 valence electrons. The lowest BCUT2D eigenvalue weighted by Gasteiger charge is -2.17.